The molecule has 4 heteroatoms. The maximum absolute atomic E-state index is 12.1. The van der Waals surface area contributed by atoms with E-state index in [0.717, 1.165) is 11.4 Å². The van der Waals surface area contributed by atoms with Gasteiger partial charge < -0.3 is 5.32 Å². The van der Waals surface area contributed by atoms with Crippen molar-refractivity contribution in [3.63, 3.8) is 0 Å². The van der Waals surface area contributed by atoms with Gasteiger partial charge in [-0.15, -0.1) is 0 Å². The molecule has 0 saturated heterocycles. The average Bonchev–Trinajstić information content (AvgIpc) is 3.15. The summed E-state index contributed by atoms with van der Waals surface area (Å²) < 4.78 is 11.3. The Balaban J connectivity index is 1.90. The smallest absolute Gasteiger partial charge is 0.251 e. The van der Waals surface area contributed by atoms with Crippen molar-refractivity contribution in [2.45, 2.75) is 38.0 Å². The highest BCUT2D eigenvalue weighted by molar-refractivity contribution is 7.84. The zero-order chi connectivity index (χ0) is 14.8. The number of carbonyl (C=O) groups is 1. The Morgan fingerprint density at radius 3 is 2.35 bits per heavy atom. The molecule has 1 atom stereocenters. The van der Waals surface area contributed by atoms with Gasteiger partial charge >= 0.3 is 0 Å². The highest BCUT2D eigenvalue weighted by atomic mass is 32.2. The summed E-state index contributed by atoms with van der Waals surface area (Å²) in [5, 5.41) is 3.04. The molecule has 0 radical (unpaired) electrons. The number of nitrogens with one attached hydrogen (secondary N) is 1. The molecule has 0 unspecified atom stereocenters. The van der Waals surface area contributed by atoms with E-state index in [1.165, 1.54) is 19.3 Å². The Bertz CT molecular complexity index is 504. The first-order valence-electron chi connectivity index (χ1n) is 7.14. The number of amides is 1. The summed E-state index contributed by atoms with van der Waals surface area (Å²) in [4.78, 5) is 12.8. The number of benzene rings is 1. The van der Waals surface area contributed by atoms with Gasteiger partial charge in [-0.2, -0.15) is 0 Å². The van der Waals surface area contributed by atoms with Crippen molar-refractivity contribution in [2.75, 3.05) is 12.8 Å². The molecule has 1 aliphatic carbocycles. The zero-order valence-electron chi connectivity index (χ0n) is 12.4. The van der Waals surface area contributed by atoms with Crippen LogP contribution in [-0.2, 0) is 10.8 Å². The normalized spacial score (nSPS) is 17.8. The molecule has 1 fully saturated rings. The molecule has 0 heterocycles. The SMILES string of the molecule is CC(C)CC1(CNC(=O)c2ccc([S@](C)=O)cc2)CC1. The van der Waals surface area contributed by atoms with Crippen LogP contribution in [0.25, 0.3) is 0 Å². The maximum Gasteiger partial charge on any atom is 0.251 e. The predicted octanol–water partition coefficient (Wildman–Crippen LogP) is 2.98. The minimum Gasteiger partial charge on any atom is -0.351 e. The van der Waals surface area contributed by atoms with E-state index in [1.807, 2.05) is 0 Å². The molecule has 0 aromatic heterocycles. The second kappa shape index (κ2) is 6.08. The van der Waals surface area contributed by atoms with Crippen molar-refractivity contribution in [3.05, 3.63) is 29.8 Å². The van der Waals surface area contributed by atoms with Crippen molar-refractivity contribution < 1.29 is 9.00 Å². The summed E-state index contributed by atoms with van der Waals surface area (Å²) in [5.74, 6) is 0.640. The number of carbonyl (C=O) groups excluding carboxylic acids is 1. The van der Waals surface area contributed by atoms with Crippen LogP contribution < -0.4 is 5.32 Å². The van der Waals surface area contributed by atoms with Gasteiger partial charge in [-0.05, 0) is 54.9 Å². The predicted molar refractivity (Wildman–Crippen MR) is 82.2 cm³/mol. The van der Waals surface area contributed by atoms with Gasteiger partial charge in [0.15, 0.2) is 0 Å². The van der Waals surface area contributed by atoms with E-state index in [9.17, 15) is 9.00 Å². The highest BCUT2D eigenvalue weighted by Crippen LogP contribution is 2.50. The fraction of sp³-hybridized carbons (Fsp3) is 0.562. The lowest BCUT2D eigenvalue weighted by Gasteiger charge is -2.18. The molecule has 1 aromatic rings. The molecule has 2 rings (SSSR count). The van der Waals surface area contributed by atoms with Crippen LogP contribution in [0.5, 0.6) is 0 Å². The first kappa shape index (κ1) is 15.2. The molecule has 1 aromatic carbocycles. The summed E-state index contributed by atoms with van der Waals surface area (Å²) in [6.45, 7) is 5.22. The van der Waals surface area contributed by atoms with E-state index in [-0.39, 0.29) is 5.91 Å². The van der Waals surface area contributed by atoms with Crippen molar-refractivity contribution in [1.82, 2.24) is 5.32 Å². The van der Waals surface area contributed by atoms with Crippen LogP contribution in [0.3, 0.4) is 0 Å². The highest BCUT2D eigenvalue weighted by Gasteiger charge is 2.42. The van der Waals surface area contributed by atoms with Gasteiger partial charge in [0.25, 0.3) is 5.91 Å². The fourth-order valence-electron chi connectivity index (χ4n) is 2.66. The van der Waals surface area contributed by atoms with Gasteiger partial charge in [0.2, 0.25) is 0 Å². The number of hydrogen-bond donors (Lipinski definition) is 1. The van der Waals surface area contributed by atoms with Crippen molar-refractivity contribution >= 4 is 16.7 Å². The van der Waals surface area contributed by atoms with Gasteiger partial charge in [0.05, 0.1) is 0 Å². The molecule has 0 spiro atoms. The second-order valence-electron chi connectivity index (χ2n) is 6.26. The minimum atomic E-state index is -0.997. The van der Waals surface area contributed by atoms with Crippen molar-refractivity contribution in [3.8, 4) is 0 Å². The molecule has 1 saturated carbocycles. The third kappa shape index (κ3) is 3.92. The standard InChI is InChI=1S/C16H23NO2S/c1-12(2)10-16(8-9-16)11-17-15(18)13-4-6-14(7-5-13)20(3)19/h4-7,12H,8-11H2,1-3H3,(H,17,18)/t20-/m0/s1. The summed E-state index contributed by atoms with van der Waals surface area (Å²) in [6, 6.07) is 7.00. The molecule has 1 N–H and O–H groups in total. The Labute approximate surface area is 123 Å². The first-order valence-corrected chi connectivity index (χ1v) is 8.69. The third-order valence-electron chi connectivity index (χ3n) is 3.87. The molecule has 110 valence electrons. The van der Waals surface area contributed by atoms with Crippen LogP contribution >= 0.6 is 0 Å². The monoisotopic (exact) mass is 293 g/mol. The van der Waals surface area contributed by atoms with Crippen LogP contribution in [0.2, 0.25) is 0 Å². The van der Waals surface area contributed by atoms with Gasteiger partial charge in [-0.25, -0.2) is 0 Å². The lowest BCUT2D eigenvalue weighted by Crippen LogP contribution is -2.30. The number of rotatable bonds is 6. The molecule has 0 aliphatic heterocycles. The first-order chi connectivity index (χ1) is 9.42. The van der Waals surface area contributed by atoms with E-state index >= 15 is 0 Å². The number of hydrogen-bond acceptors (Lipinski definition) is 2. The largest absolute Gasteiger partial charge is 0.351 e. The summed E-state index contributed by atoms with van der Waals surface area (Å²) >= 11 is 0. The lowest BCUT2D eigenvalue weighted by atomic mass is 9.94. The van der Waals surface area contributed by atoms with Gasteiger partial charge in [0, 0.05) is 34.1 Å². The van der Waals surface area contributed by atoms with Crippen LogP contribution in [0.15, 0.2) is 29.2 Å². The van der Waals surface area contributed by atoms with Crippen LogP contribution in [0, 0.1) is 11.3 Å². The zero-order valence-corrected chi connectivity index (χ0v) is 13.3. The van der Waals surface area contributed by atoms with E-state index in [4.69, 9.17) is 0 Å². The third-order valence-corrected chi connectivity index (χ3v) is 4.81. The summed E-state index contributed by atoms with van der Waals surface area (Å²) in [5.41, 5.74) is 0.980. The molecule has 3 nitrogen and oxygen atoms in total. The Morgan fingerprint density at radius 2 is 1.90 bits per heavy atom. The average molecular weight is 293 g/mol. The summed E-state index contributed by atoms with van der Waals surface area (Å²) in [6.07, 6.45) is 5.26. The minimum absolute atomic E-state index is 0.0338. The van der Waals surface area contributed by atoms with E-state index in [2.05, 4.69) is 19.2 Å². The van der Waals surface area contributed by atoms with Crippen molar-refractivity contribution in [2.24, 2.45) is 11.3 Å². The van der Waals surface area contributed by atoms with Crippen LogP contribution in [0.4, 0.5) is 0 Å². The lowest BCUT2D eigenvalue weighted by molar-refractivity contribution is 0.0942. The molecule has 0 bridgehead atoms. The van der Waals surface area contributed by atoms with Gasteiger partial charge in [-0.1, -0.05) is 13.8 Å². The summed E-state index contributed by atoms with van der Waals surface area (Å²) in [7, 11) is -0.997. The van der Waals surface area contributed by atoms with E-state index in [0.29, 0.717) is 16.9 Å². The quantitative estimate of drug-likeness (QED) is 0.876. The molecular formula is C16H23NO2S. The Morgan fingerprint density at radius 1 is 1.30 bits per heavy atom. The topological polar surface area (TPSA) is 46.2 Å². The molecule has 1 amide bonds. The maximum atomic E-state index is 12.1. The second-order valence-corrected chi connectivity index (χ2v) is 7.64. The Kier molecular flexibility index (Phi) is 4.63. The van der Waals surface area contributed by atoms with Crippen molar-refractivity contribution in [1.29, 1.82) is 0 Å². The van der Waals surface area contributed by atoms with E-state index < -0.39 is 10.8 Å². The van der Waals surface area contributed by atoms with Gasteiger partial charge in [-0.3, -0.25) is 9.00 Å². The molecular weight excluding hydrogens is 270 g/mol. The fourth-order valence-corrected chi connectivity index (χ4v) is 3.18. The van der Waals surface area contributed by atoms with Crippen LogP contribution in [0.1, 0.15) is 43.5 Å². The van der Waals surface area contributed by atoms with Crippen LogP contribution in [-0.4, -0.2) is 22.9 Å². The molecule has 20 heavy (non-hydrogen) atoms. The Hall–Kier alpha value is -1.16. The van der Waals surface area contributed by atoms with Gasteiger partial charge in [0.1, 0.15) is 0 Å². The van der Waals surface area contributed by atoms with E-state index in [1.54, 1.807) is 30.5 Å². The molecule has 1 aliphatic rings.